The fourth-order valence-electron chi connectivity index (χ4n) is 3.50. The molecule has 5 nitrogen and oxygen atoms in total. The lowest BCUT2D eigenvalue weighted by molar-refractivity contribution is -0.157. The summed E-state index contributed by atoms with van der Waals surface area (Å²) in [6.45, 7) is 0.609. The van der Waals surface area contributed by atoms with Crippen molar-refractivity contribution >= 4 is 11.9 Å². The average Bonchev–Trinajstić information content (AvgIpc) is 2.62. The fourth-order valence-corrected chi connectivity index (χ4v) is 3.50. The molecule has 1 aromatic heterocycles. The van der Waals surface area contributed by atoms with Crippen molar-refractivity contribution in [1.82, 2.24) is 9.88 Å². The van der Waals surface area contributed by atoms with Gasteiger partial charge >= 0.3 is 5.97 Å². The molecule has 1 aromatic rings. The van der Waals surface area contributed by atoms with Gasteiger partial charge in [0.2, 0.25) is 0 Å². The molecule has 1 saturated heterocycles. The van der Waals surface area contributed by atoms with Crippen molar-refractivity contribution in [3.63, 3.8) is 0 Å². The molecule has 124 valence electrons. The minimum atomic E-state index is -0.446. The topological polar surface area (TPSA) is 59.5 Å². The van der Waals surface area contributed by atoms with E-state index in [1.54, 1.807) is 29.4 Å². The highest BCUT2D eigenvalue weighted by molar-refractivity contribution is 5.96. The van der Waals surface area contributed by atoms with Gasteiger partial charge in [0, 0.05) is 18.9 Å². The lowest BCUT2D eigenvalue weighted by atomic mass is 9.97. The minimum absolute atomic E-state index is 0.0357. The first-order valence-corrected chi connectivity index (χ1v) is 8.67. The molecule has 5 heteroatoms. The molecule has 0 aromatic carbocycles. The maximum absolute atomic E-state index is 12.7. The van der Waals surface area contributed by atoms with Gasteiger partial charge in [-0.3, -0.25) is 9.78 Å². The summed E-state index contributed by atoms with van der Waals surface area (Å²) >= 11 is 0. The van der Waals surface area contributed by atoms with E-state index in [0.29, 0.717) is 18.5 Å². The van der Waals surface area contributed by atoms with Crippen LogP contribution in [-0.4, -0.2) is 40.5 Å². The van der Waals surface area contributed by atoms with Crippen molar-refractivity contribution in [3.8, 4) is 0 Å². The van der Waals surface area contributed by atoms with Crippen LogP contribution in [0.4, 0.5) is 0 Å². The third-order valence-electron chi connectivity index (χ3n) is 4.78. The Morgan fingerprint density at radius 2 is 1.87 bits per heavy atom. The SMILES string of the molecule is O=C(OC1CCCCC1)[C@@H]1CCCCN1C(=O)c1cccnc1. The number of likely N-dealkylation sites (tertiary alicyclic amines) is 1. The largest absolute Gasteiger partial charge is 0.461 e. The number of rotatable bonds is 3. The second-order valence-electron chi connectivity index (χ2n) is 6.45. The van der Waals surface area contributed by atoms with E-state index in [9.17, 15) is 9.59 Å². The summed E-state index contributed by atoms with van der Waals surface area (Å²) in [6, 6.07) is 3.04. The number of ether oxygens (including phenoxy) is 1. The molecular weight excluding hydrogens is 292 g/mol. The van der Waals surface area contributed by atoms with Crippen LogP contribution in [0.15, 0.2) is 24.5 Å². The molecule has 1 aliphatic carbocycles. The number of pyridine rings is 1. The van der Waals surface area contributed by atoms with Crippen LogP contribution >= 0.6 is 0 Å². The van der Waals surface area contributed by atoms with Crippen LogP contribution in [0.2, 0.25) is 0 Å². The zero-order valence-corrected chi connectivity index (χ0v) is 13.4. The Morgan fingerprint density at radius 1 is 1.09 bits per heavy atom. The standard InChI is InChI=1S/C18H24N2O3/c21-17(14-7-6-11-19-13-14)20-12-5-4-10-16(20)18(22)23-15-8-2-1-3-9-15/h6-7,11,13,15-16H,1-5,8-10,12H2/t16-/m0/s1. The van der Waals surface area contributed by atoms with Gasteiger partial charge in [-0.25, -0.2) is 4.79 Å². The van der Waals surface area contributed by atoms with E-state index < -0.39 is 6.04 Å². The number of hydrogen-bond acceptors (Lipinski definition) is 4. The summed E-state index contributed by atoms with van der Waals surface area (Å²) in [5, 5.41) is 0. The highest BCUT2D eigenvalue weighted by Crippen LogP contribution is 2.24. The number of piperidine rings is 1. The van der Waals surface area contributed by atoms with E-state index in [-0.39, 0.29) is 18.0 Å². The molecule has 23 heavy (non-hydrogen) atoms. The van der Waals surface area contributed by atoms with E-state index in [0.717, 1.165) is 38.5 Å². The molecule has 1 atom stereocenters. The number of hydrogen-bond donors (Lipinski definition) is 0. The molecule has 0 spiro atoms. The van der Waals surface area contributed by atoms with Crippen LogP contribution in [0.1, 0.15) is 61.7 Å². The van der Waals surface area contributed by atoms with E-state index in [1.165, 1.54) is 6.42 Å². The molecule has 0 N–H and O–H groups in total. The number of carbonyl (C=O) groups is 2. The van der Waals surface area contributed by atoms with Crippen LogP contribution in [0.25, 0.3) is 0 Å². The molecule has 1 amide bonds. The maximum Gasteiger partial charge on any atom is 0.329 e. The first-order chi connectivity index (χ1) is 11.3. The number of aromatic nitrogens is 1. The highest BCUT2D eigenvalue weighted by Gasteiger charge is 2.35. The Balaban J connectivity index is 1.68. The highest BCUT2D eigenvalue weighted by atomic mass is 16.5. The number of amides is 1. The average molecular weight is 316 g/mol. The van der Waals surface area contributed by atoms with Crippen molar-refractivity contribution < 1.29 is 14.3 Å². The smallest absolute Gasteiger partial charge is 0.329 e. The van der Waals surface area contributed by atoms with Crippen LogP contribution in [0.3, 0.4) is 0 Å². The maximum atomic E-state index is 12.7. The van der Waals surface area contributed by atoms with Gasteiger partial charge in [0.15, 0.2) is 0 Å². The normalized spacial score (nSPS) is 22.6. The number of esters is 1. The van der Waals surface area contributed by atoms with E-state index in [1.807, 2.05) is 0 Å². The molecule has 3 rings (SSSR count). The summed E-state index contributed by atoms with van der Waals surface area (Å²) < 4.78 is 5.70. The first-order valence-electron chi connectivity index (χ1n) is 8.67. The Morgan fingerprint density at radius 3 is 2.61 bits per heavy atom. The van der Waals surface area contributed by atoms with E-state index >= 15 is 0 Å². The second kappa shape index (κ2) is 7.57. The Bertz CT molecular complexity index is 540. The van der Waals surface area contributed by atoms with Gasteiger partial charge in [-0.15, -0.1) is 0 Å². The van der Waals surface area contributed by atoms with E-state index in [2.05, 4.69) is 4.98 Å². The van der Waals surface area contributed by atoms with Gasteiger partial charge in [0.05, 0.1) is 5.56 Å². The van der Waals surface area contributed by atoms with Crippen molar-refractivity contribution in [1.29, 1.82) is 0 Å². The molecule has 2 aliphatic rings. The number of nitrogens with zero attached hydrogens (tertiary/aromatic N) is 2. The molecule has 0 bridgehead atoms. The van der Waals surface area contributed by atoms with Gasteiger partial charge in [-0.2, -0.15) is 0 Å². The summed E-state index contributed by atoms with van der Waals surface area (Å²) in [5.41, 5.74) is 0.532. The van der Waals surface area contributed by atoms with E-state index in [4.69, 9.17) is 4.74 Å². The molecule has 2 fully saturated rings. The minimum Gasteiger partial charge on any atom is -0.461 e. The predicted molar refractivity (Wildman–Crippen MR) is 85.9 cm³/mol. The van der Waals surface area contributed by atoms with Gasteiger partial charge in [0.1, 0.15) is 12.1 Å². The summed E-state index contributed by atoms with van der Waals surface area (Å²) in [7, 11) is 0. The Labute approximate surface area is 137 Å². The van der Waals surface area contributed by atoms with Crippen LogP contribution in [0, 0.1) is 0 Å². The lowest BCUT2D eigenvalue weighted by Gasteiger charge is -2.35. The van der Waals surface area contributed by atoms with Crippen molar-refractivity contribution in [2.75, 3.05) is 6.54 Å². The number of carbonyl (C=O) groups excluding carboxylic acids is 2. The van der Waals surface area contributed by atoms with Crippen molar-refractivity contribution in [2.24, 2.45) is 0 Å². The summed E-state index contributed by atoms with van der Waals surface area (Å²) in [6.07, 6.45) is 11.2. The quantitative estimate of drug-likeness (QED) is 0.804. The van der Waals surface area contributed by atoms with Gasteiger partial charge in [-0.05, 0) is 57.1 Å². The fraction of sp³-hybridized carbons (Fsp3) is 0.611. The summed E-state index contributed by atoms with van der Waals surface area (Å²) in [4.78, 5) is 30.9. The lowest BCUT2D eigenvalue weighted by Crippen LogP contribution is -2.49. The molecule has 1 aliphatic heterocycles. The summed E-state index contributed by atoms with van der Waals surface area (Å²) in [5.74, 6) is -0.350. The van der Waals surface area contributed by atoms with Gasteiger partial charge in [0.25, 0.3) is 5.91 Å². The monoisotopic (exact) mass is 316 g/mol. The zero-order chi connectivity index (χ0) is 16.1. The predicted octanol–water partition coefficient (Wildman–Crippen LogP) is 2.95. The second-order valence-corrected chi connectivity index (χ2v) is 6.45. The van der Waals surface area contributed by atoms with Crippen molar-refractivity contribution in [2.45, 2.75) is 63.5 Å². The molecular formula is C18H24N2O3. The molecule has 1 saturated carbocycles. The third kappa shape index (κ3) is 3.89. The molecule has 0 radical (unpaired) electrons. The van der Waals surface area contributed by atoms with Crippen molar-refractivity contribution in [3.05, 3.63) is 30.1 Å². The molecule has 2 heterocycles. The van der Waals surface area contributed by atoms with Crippen LogP contribution in [0.5, 0.6) is 0 Å². The third-order valence-corrected chi connectivity index (χ3v) is 4.78. The van der Waals surface area contributed by atoms with Crippen LogP contribution in [-0.2, 0) is 9.53 Å². The Kier molecular flexibility index (Phi) is 5.26. The first kappa shape index (κ1) is 16.0. The van der Waals surface area contributed by atoms with Crippen LogP contribution < -0.4 is 0 Å². The van der Waals surface area contributed by atoms with Gasteiger partial charge in [-0.1, -0.05) is 6.42 Å². The Hall–Kier alpha value is -1.91. The molecule has 0 unspecified atom stereocenters. The van der Waals surface area contributed by atoms with Gasteiger partial charge < -0.3 is 9.64 Å². The zero-order valence-electron chi connectivity index (χ0n) is 13.4.